The maximum atomic E-state index is 5.05. The van der Waals surface area contributed by atoms with E-state index in [1.54, 1.807) is 0 Å². The molecule has 4 heteroatoms. The lowest BCUT2D eigenvalue weighted by atomic mass is 10.1. The summed E-state index contributed by atoms with van der Waals surface area (Å²) in [4.78, 5) is 10.1. The summed E-state index contributed by atoms with van der Waals surface area (Å²) in [6.07, 6.45) is 5.03. The van der Waals surface area contributed by atoms with E-state index in [9.17, 15) is 0 Å². The van der Waals surface area contributed by atoms with Crippen LogP contribution < -0.4 is 4.90 Å². The molecule has 1 saturated carbocycles. The van der Waals surface area contributed by atoms with Crippen molar-refractivity contribution in [2.45, 2.75) is 54.4 Å². The molecular weight excluding hydrogens is 380 g/mol. The molecule has 166 valence electrons. The van der Waals surface area contributed by atoms with Gasteiger partial charge < -0.3 is 14.4 Å². The zero-order chi connectivity index (χ0) is 22.3. The Balaban J connectivity index is 1.85. The number of nitrogens with zero attached hydrogens (tertiary/aromatic N) is 4. The van der Waals surface area contributed by atoms with E-state index >= 15 is 0 Å². The number of fused-ring (bicyclic) bond motifs is 1. The van der Waals surface area contributed by atoms with E-state index in [1.165, 1.54) is 51.9 Å². The normalized spacial score (nSPS) is 14.1. The average molecular weight is 419 g/mol. The van der Waals surface area contributed by atoms with Crippen LogP contribution in [-0.4, -0.2) is 47.7 Å². The molecule has 1 aromatic carbocycles. The van der Waals surface area contributed by atoms with Crippen LogP contribution in [0, 0.1) is 40.5 Å². The Morgan fingerprint density at radius 2 is 1.65 bits per heavy atom. The maximum Gasteiger partial charge on any atom is 0.147 e. The third-order valence-corrected chi connectivity index (χ3v) is 6.74. The summed E-state index contributed by atoms with van der Waals surface area (Å²) >= 11 is 0. The minimum atomic E-state index is 0.847. The van der Waals surface area contributed by atoms with E-state index in [4.69, 9.17) is 4.98 Å². The van der Waals surface area contributed by atoms with Crippen LogP contribution in [0.25, 0.3) is 16.7 Å². The molecule has 4 nitrogen and oxygen atoms in total. The first-order valence-electron chi connectivity index (χ1n) is 11.8. The van der Waals surface area contributed by atoms with Crippen molar-refractivity contribution in [2.24, 2.45) is 5.92 Å². The number of hydrogen-bond donors (Lipinski definition) is 0. The molecule has 0 atom stereocenters. The minimum Gasteiger partial charge on any atom is -0.369 e. The molecule has 0 bridgehead atoms. The summed E-state index contributed by atoms with van der Waals surface area (Å²) < 4.78 is 2.33. The van der Waals surface area contributed by atoms with Crippen molar-refractivity contribution in [1.29, 1.82) is 0 Å². The van der Waals surface area contributed by atoms with Crippen LogP contribution in [0.4, 0.5) is 5.69 Å². The average Bonchev–Trinajstić information content (AvgIpc) is 3.47. The molecule has 0 N–H and O–H groups in total. The van der Waals surface area contributed by atoms with Crippen molar-refractivity contribution >= 4 is 16.7 Å². The highest BCUT2D eigenvalue weighted by Gasteiger charge is 2.27. The van der Waals surface area contributed by atoms with Crippen molar-refractivity contribution in [3.05, 3.63) is 52.3 Å². The van der Waals surface area contributed by atoms with Gasteiger partial charge in [-0.2, -0.15) is 0 Å². The fourth-order valence-corrected chi connectivity index (χ4v) is 4.86. The van der Waals surface area contributed by atoms with Crippen LogP contribution in [0.1, 0.15) is 47.7 Å². The third-order valence-electron chi connectivity index (χ3n) is 6.74. The largest absolute Gasteiger partial charge is 0.369 e. The van der Waals surface area contributed by atoms with Crippen LogP contribution in [0.15, 0.2) is 24.4 Å². The molecular formula is C27H38N4. The standard InChI is InChI=1S/C27H38N4/c1-8-29(7)11-12-30(17-23-9-10-23)24-15-22(6)28-27-25(24)21(5)16-31(27)26-19(3)13-18(2)14-20(26)4/h13-16,23H,8-12,17H2,1-7H3. The molecule has 31 heavy (non-hydrogen) atoms. The summed E-state index contributed by atoms with van der Waals surface area (Å²) in [5.41, 5.74) is 10.0. The van der Waals surface area contributed by atoms with Crippen molar-refractivity contribution < 1.29 is 0 Å². The zero-order valence-electron chi connectivity index (χ0n) is 20.4. The van der Waals surface area contributed by atoms with Gasteiger partial charge in [-0.1, -0.05) is 24.6 Å². The Morgan fingerprint density at radius 1 is 0.968 bits per heavy atom. The molecule has 0 saturated heterocycles. The van der Waals surface area contributed by atoms with Gasteiger partial charge in [0.05, 0.1) is 5.69 Å². The lowest BCUT2D eigenvalue weighted by Gasteiger charge is -2.28. The van der Waals surface area contributed by atoms with Crippen molar-refractivity contribution in [3.63, 3.8) is 0 Å². The Bertz CT molecular complexity index is 1070. The van der Waals surface area contributed by atoms with Crippen LogP contribution in [-0.2, 0) is 0 Å². The molecule has 0 aliphatic heterocycles. The van der Waals surface area contributed by atoms with Crippen molar-refractivity contribution in [1.82, 2.24) is 14.5 Å². The Morgan fingerprint density at radius 3 is 2.26 bits per heavy atom. The second-order valence-corrected chi connectivity index (χ2v) is 9.70. The van der Waals surface area contributed by atoms with Gasteiger partial charge in [0.1, 0.15) is 5.65 Å². The Hall–Kier alpha value is -2.33. The van der Waals surface area contributed by atoms with Crippen molar-refractivity contribution in [2.75, 3.05) is 38.1 Å². The van der Waals surface area contributed by atoms with Gasteiger partial charge in [-0.3, -0.25) is 0 Å². The van der Waals surface area contributed by atoms with Gasteiger partial charge in [0.2, 0.25) is 0 Å². The topological polar surface area (TPSA) is 24.3 Å². The Labute approximate surface area is 187 Å². The second-order valence-electron chi connectivity index (χ2n) is 9.70. The Kier molecular flexibility index (Phi) is 6.11. The number of aromatic nitrogens is 2. The van der Waals surface area contributed by atoms with Gasteiger partial charge in [-0.15, -0.1) is 0 Å². The number of hydrogen-bond acceptors (Lipinski definition) is 3. The second kappa shape index (κ2) is 8.66. The molecule has 3 aromatic rings. The monoisotopic (exact) mass is 418 g/mol. The molecule has 4 rings (SSSR count). The lowest BCUT2D eigenvalue weighted by molar-refractivity contribution is 0.358. The first-order valence-corrected chi connectivity index (χ1v) is 11.8. The lowest BCUT2D eigenvalue weighted by Crippen LogP contribution is -2.34. The molecule has 0 spiro atoms. The van der Waals surface area contributed by atoms with Crippen LogP contribution in [0.3, 0.4) is 0 Å². The molecule has 1 fully saturated rings. The molecule has 0 amide bonds. The minimum absolute atomic E-state index is 0.847. The first kappa shape index (κ1) is 21.9. The van der Waals surface area contributed by atoms with Gasteiger partial charge in [0.15, 0.2) is 0 Å². The summed E-state index contributed by atoms with van der Waals surface area (Å²) in [7, 11) is 2.22. The highest BCUT2D eigenvalue weighted by Crippen LogP contribution is 2.37. The molecule has 0 unspecified atom stereocenters. The van der Waals surface area contributed by atoms with E-state index in [-0.39, 0.29) is 0 Å². The van der Waals surface area contributed by atoms with Crippen LogP contribution in [0.5, 0.6) is 0 Å². The highest BCUT2D eigenvalue weighted by atomic mass is 15.2. The van der Waals surface area contributed by atoms with Crippen LogP contribution in [0.2, 0.25) is 0 Å². The molecule has 2 aromatic heterocycles. The third kappa shape index (κ3) is 4.50. The maximum absolute atomic E-state index is 5.05. The fourth-order valence-electron chi connectivity index (χ4n) is 4.86. The smallest absolute Gasteiger partial charge is 0.147 e. The summed E-state index contributed by atoms with van der Waals surface area (Å²) in [6.45, 7) is 17.6. The SMILES string of the molecule is CCN(C)CCN(CC1CC1)c1cc(C)nc2c1c(C)cn2-c1c(C)cc(C)cc1C. The van der Waals surface area contributed by atoms with E-state index in [1.807, 2.05) is 0 Å². The van der Waals surface area contributed by atoms with Crippen molar-refractivity contribution in [3.8, 4) is 5.69 Å². The molecule has 1 aliphatic carbocycles. The van der Waals surface area contributed by atoms with Gasteiger partial charge >= 0.3 is 0 Å². The van der Waals surface area contributed by atoms with Gasteiger partial charge in [0, 0.05) is 42.6 Å². The predicted molar refractivity (Wildman–Crippen MR) is 133 cm³/mol. The predicted octanol–water partition coefficient (Wildman–Crippen LogP) is 5.74. The molecule has 2 heterocycles. The van der Waals surface area contributed by atoms with Gasteiger partial charge in [-0.05, 0) is 89.7 Å². The molecule has 1 aliphatic rings. The fraction of sp³-hybridized carbons (Fsp3) is 0.519. The van der Waals surface area contributed by atoms with E-state index in [0.29, 0.717) is 0 Å². The number of rotatable bonds is 8. The van der Waals surface area contributed by atoms with E-state index in [2.05, 4.69) is 87.4 Å². The summed E-state index contributed by atoms with van der Waals surface area (Å²) in [5, 5.41) is 1.31. The quantitative estimate of drug-likeness (QED) is 0.466. The van der Waals surface area contributed by atoms with E-state index < -0.39 is 0 Å². The first-order chi connectivity index (χ1) is 14.8. The van der Waals surface area contributed by atoms with Gasteiger partial charge in [-0.25, -0.2) is 4.98 Å². The van der Waals surface area contributed by atoms with E-state index in [0.717, 1.165) is 43.4 Å². The number of likely N-dealkylation sites (N-methyl/N-ethyl adjacent to an activating group) is 1. The summed E-state index contributed by atoms with van der Waals surface area (Å²) in [6, 6.07) is 6.86. The number of anilines is 1. The number of benzene rings is 1. The number of aryl methyl sites for hydroxylation is 5. The number of pyridine rings is 1. The highest BCUT2D eigenvalue weighted by molar-refractivity contribution is 5.95. The van der Waals surface area contributed by atoms with Gasteiger partial charge in [0.25, 0.3) is 0 Å². The molecule has 0 radical (unpaired) electrons. The zero-order valence-corrected chi connectivity index (χ0v) is 20.4. The van der Waals surface area contributed by atoms with Crippen LogP contribution >= 0.6 is 0 Å². The summed E-state index contributed by atoms with van der Waals surface area (Å²) in [5.74, 6) is 0.847.